The van der Waals surface area contributed by atoms with E-state index in [4.69, 9.17) is 0 Å². The first-order valence-corrected chi connectivity index (χ1v) is 18.3. The Labute approximate surface area is 293 Å². The number of rotatable bonds is 7. The number of aromatic nitrogens is 1. The molecule has 3 saturated heterocycles. The molecule has 50 heavy (non-hydrogen) atoms. The number of carbonyl (C=O) groups excluding carboxylic acids is 3. The number of benzene rings is 2. The van der Waals surface area contributed by atoms with Crippen molar-refractivity contribution in [2.75, 3.05) is 49.1 Å². The highest BCUT2D eigenvalue weighted by Gasteiger charge is 2.39. The van der Waals surface area contributed by atoms with E-state index in [2.05, 4.69) is 74.5 Å². The van der Waals surface area contributed by atoms with Gasteiger partial charge in [0.1, 0.15) is 6.04 Å². The summed E-state index contributed by atoms with van der Waals surface area (Å²) in [5, 5.41) is 16.7. The number of aromatic amines is 1. The van der Waals surface area contributed by atoms with Crippen molar-refractivity contribution in [3.8, 4) is 6.07 Å². The zero-order chi connectivity index (χ0) is 34.5. The van der Waals surface area contributed by atoms with Crippen LogP contribution < -0.4 is 20.4 Å². The number of piperidine rings is 3. The van der Waals surface area contributed by atoms with Crippen LogP contribution in [0.4, 0.5) is 11.4 Å². The number of carbonyl (C=O) groups is 3. The largest absolute Gasteiger partial charge is 0.381 e. The second-order valence-corrected chi connectivity index (χ2v) is 15.0. The van der Waals surface area contributed by atoms with Crippen LogP contribution in [0, 0.1) is 17.2 Å². The third-order valence-electron chi connectivity index (χ3n) is 11.4. The minimum Gasteiger partial charge on any atom is -0.381 e. The predicted molar refractivity (Wildman–Crippen MR) is 193 cm³/mol. The number of anilines is 2. The van der Waals surface area contributed by atoms with E-state index >= 15 is 0 Å². The Morgan fingerprint density at radius 3 is 2.50 bits per heavy atom. The second-order valence-electron chi connectivity index (χ2n) is 15.0. The molecule has 3 amide bonds. The Hall–Kier alpha value is -4.82. The maximum absolute atomic E-state index is 13.1. The Bertz CT molecular complexity index is 1910. The highest BCUT2D eigenvalue weighted by molar-refractivity contribution is 6.05. The van der Waals surface area contributed by atoms with Gasteiger partial charge in [0.25, 0.3) is 5.91 Å². The van der Waals surface area contributed by atoms with Gasteiger partial charge in [0.2, 0.25) is 11.8 Å². The number of imide groups is 1. The molecule has 6 heterocycles. The van der Waals surface area contributed by atoms with E-state index < -0.39 is 6.04 Å². The fraction of sp³-hybridized carbons (Fsp3) is 0.487. The van der Waals surface area contributed by atoms with Crippen molar-refractivity contribution in [2.24, 2.45) is 5.92 Å². The number of nitrogens with one attached hydrogen (secondary N) is 3. The van der Waals surface area contributed by atoms with Crippen LogP contribution >= 0.6 is 0 Å². The fourth-order valence-electron chi connectivity index (χ4n) is 8.81. The summed E-state index contributed by atoms with van der Waals surface area (Å²) in [6.45, 7) is 10.9. The summed E-state index contributed by atoms with van der Waals surface area (Å²) < 4.78 is 0. The van der Waals surface area contributed by atoms with Gasteiger partial charge < -0.3 is 29.9 Å². The number of hydrogen-bond acceptors (Lipinski definition) is 8. The number of hydrogen-bond donors (Lipinski definition) is 3. The zero-order valence-electron chi connectivity index (χ0n) is 29.0. The molecule has 1 aromatic heterocycles. The van der Waals surface area contributed by atoms with Crippen LogP contribution in [0.1, 0.15) is 79.6 Å². The molecule has 0 radical (unpaired) electrons. The molecule has 260 valence electrons. The van der Waals surface area contributed by atoms with Gasteiger partial charge in [0.15, 0.2) is 0 Å². The van der Waals surface area contributed by atoms with Gasteiger partial charge in [-0.1, -0.05) is 0 Å². The van der Waals surface area contributed by atoms with E-state index in [-0.39, 0.29) is 24.1 Å². The van der Waals surface area contributed by atoms with Crippen LogP contribution in [-0.4, -0.2) is 89.9 Å². The maximum Gasteiger partial charge on any atom is 0.255 e. The van der Waals surface area contributed by atoms with Crippen LogP contribution in [0.15, 0.2) is 42.5 Å². The number of amides is 3. The number of nitrogens with zero attached hydrogens (tertiary/aromatic N) is 5. The fourth-order valence-corrected chi connectivity index (χ4v) is 8.81. The molecule has 3 aromatic rings. The van der Waals surface area contributed by atoms with E-state index in [0.29, 0.717) is 42.1 Å². The molecule has 11 nitrogen and oxygen atoms in total. The van der Waals surface area contributed by atoms with Gasteiger partial charge in [-0.25, -0.2) is 0 Å². The van der Waals surface area contributed by atoms with Crippen LogP contribution in [0.3, 0.4) is 0 Å². The first-order valence-electron chi connectivity index (χ1n) is 18.3. The van der Waals surface area contributed by atoms with Crippen LogP contribution in [0.2, 0.25) is 0 Å². The molecule has 5 aliphatic rings. The molecule has 8 rings (SSSR count). The first kappa shape index (κ1) is 32.4. The van der Waals surface area contributed by atoms with E-state index in [9.17, 15) is 19.6 Å². The molecule has 0 saturated carbocycles. The second kappa shape index (κ2) is 13.1. The molecule has 2 aromatic carbocycles. The Balaban J connectivity index is 0.861. The van der Waals surface area contributed by atoms with E-state index in [0.717, 1.165) is 93.1 Å². The summed E-state index contributed by atoms with van der Waals surface area (Å²) in [5.74, 6) is -0.0932. The molecule has 0 aliphatic carbocycles. The van der Waals surface area contributed by atoms with Crippen molar-refractivity contribution in [1.82, 2.24) is 25.4 Å². The summed E-state index contributed by atoms with van der Waals surface area (Å²) in [4.78, 5) is 50.2. The number of nitriles is 1. The molecule has 1 atom stereocenters. The SMILES string of the molecule is CC(C)NC1=CCN(C2CCN(CC3CCN(c4ccc5c(c4)CN(C4CCC(=O)NC4=O)C5=O)CC3)CC2)c2c1[nH]c1cc(C#N)ccc21. The topological polar surface area (TPSA) is 128 Å². The van der Waals surface area contributed by atoms with Crippen molar-refractivity contribution < 1.29 is 14.4 Å². The van der Waals surface area contributed by atoms with E-state index in [1.165, 1.54) is 11.1 Å². The minimum atomic E-state index is -0.585. The predicted octanol–water partition coefficient (Wildman–Crippen LogP) is 4.34. The minimum absolute atomic E-state index is 0.121. The number of likely N-dealkylation sites (tertiary alicyclic amines) is 1. The van der Waals surface area contributed by atoms with Crippen molar-refractivity contribution in [1.29, 1.82) is 5.26 Å². The quantitative estimate of drug-likeness (QED) is 0.316. The van der Waals surface area contributed by atoms with Crippen molar-refractivity contribution in [3.63, 3.8) is 0 Å². The summed E-state index contributed by atoms with van der Waals surface area (Å²) in [5.41, 5.74) is 8.00. The Kier molecular flexibility index (Phi) is 8.51. The van der Waals surface area contributed by atoms with Gasteiger partial charge >= 0.3 is 0 Å². The van der Waals surface area contributed by atoms with Gasteiger partial charge in [-0.05, 0) is 99.9 Å². The third kappa shape index (κ3) is 6.00. The summed E-state index contributed by atoms with van der Waals surface area (Å²) in [6.07, 6.45) is 7.51. The molecule has 11 heteroatoms. The lowest BCUT2D eigenvalue weighted by molar-refractivity contribution is -0.136. The van der Waals surface area contributed by atoms with Gasteiger partial charge in [-0.2, -0.15) is 5.26 Å². The number of fused-ring (bicyclic) bond motifs is 4. The highest BCUT2D eigenvalue weighted by Crippen LogP contribution is 2.40. The zero-order valence-corrected chi connectivity index (χ0v) is 29.0. The van der Waals surface area contributed by atoms with Crippen LogP contribution in [0.5, 0.6) is 0 Å². The smallest absolute Gasteiger partial charge is 0.255 e. The molecule has 1 unspecified atom stereocenters. The lowest BCUT2D eigenvalue weighted by atomic mass is 9.93. The monoisotopic (exact) mass is 674 g/mol. The normalized spacial score (nSPS) is 22.1. The van der Waals surface area contributed by atoms with Crippen molar-refractivity contribution in [2.45, 2.75) is 77.0 Å². The summed E-state index contributed by atoms with van der Waals surface area (Å²) in [7, 11) is 0. The summed E-state index contributed by atoms with van der Waals surface area (Å²) in [6, 6.07) is 14.6. The average molecular weight is 675 g/mol. The Morgan fingerprint density at radius 1 is 0.960 bits per heavy atom. The molecule has 0 spiro atoms. The highest BCUT2D eigenvalue weighted by atomic mass is 16.2. The molecule has 3 N–H and O–H groups in total. The standard InChI is InChI=1S/C39H46N8O3/c1-24(2)41-32-13-18-46(37-31-5-3-26(21-40)19-33(31)42-36(32)37)28-11-14-44(15-12-28)22-25-9-16-45(17-10-25)29-4-6-30-27(20-29)23-47(39(30)50)34-7-8-35(48)43-38(34)49/h3-6,13,19-20,24-25,28,34,41-42H,7-12,14-18,22-23H2,1-2H3,(H,43,48,49). The number of H-pyrrole nitrogens is 1. The molecule has 3 fully saturated rings. The van der Waals surface area contributed by atoms with Crippen molar-refractivity contribution in [3.05, 3.63) is 64.9 Å². The molecule has 5 aliphatic heterocycles. The third-order valence-corrected chi connectivity index (χ3v) is 11.4. The van der Waals surface area contributed by atoms with Crippen molar-refractivity contribution >= 4 is 45.7 Å². The lowest BCUT2D eigenvalue weighted by Crippen LogP contribution is -2.52. The molecular formula is C39H46N8O3. The average Bonchev–Trinajstić information content (AvgIpc) is 3.66. The molecule has 0 bridgehead atoms. The lowest BCUT2D eigenvalue weighted by Gasteiger charge is -2.43. The van der Waals surface area contributed by atoms with E-state index in [1.807, 2.05) is 18.2 Å². The van der Waals surface area contributed by atoms with Crippen LogP contribution in [0.25, 0.3) is 16.6 Å². The van der Waals surface area contributed by atoms with Gasteiger partial charge in [0.05, 0.1) is 28.7 Å². The van der Waals surface area contributed by atoms with Gasteiger partial charge in [-0.15, -0.1) is 0 Å². The van der Waals surface area contributed by atoms with E-state index in [1.54, 1.807) is 4.90 Å². The van der Waals surface area contributed by atoms with Crippen LogP contribution in [-0.2, 0) is 16.1 Å². The Morgan fingerprint density at radius 2 is 1.76 bits per heavy atom. The van der Waals surface area contributed by atoms with Gasteiger partial charge in [-0.3, -0.25) is 19.7 Å². The van der Waals surface area contributed by atoms with Gasteiger partial charge in [0, 0.05) is 86.5 Å². The first-order chi connectivity index (χ1) is 24.2. The molecular weight excluding hydrogens is 628 g/mol. The maximum atomic E-state index is 13.1. The summed E-state index contributed by atoms with van der Waals surface area (Å²) >= 11 is 0.